The summed E-state index contributed by atoms with van der Waals surface area (Å²) in [6, 6.07) is 11.5. The first kappa shape index (κ1) is 17.4. The molecular weight excluding hydrogens is 346 g/mol. The first-order chi connectivity index (χ1) is 12.5. The van der Waals surface area contributed by atoms with Crippen molar-refractivity contribution in [3.63, 3.8) is 0 Å². The third-order valence-corrected chi connectivity index (χ3v) is 3.42. The minimum absolute atomic E-state index is 0.0630. The predicted octanol–water partition coefficient (Wildman–Crippen LogP) is 3.65. The molecule has 0 aliphatic heterocycles. The predicted molar refractivity (Wildman–Crippen MR) is 89.0 cm³/mol. The minimum Gasteiger partial charge on any atom is -0.497 e. The van der Waals surface area contributed by atoms with Gasteiger partial charge >= 0.3 is 0 Å². The Kier molecular flexibility index (Phi) is 5.12. The van der Waals surface area contributed by atoms with Gasteiger partial charge in [-0.1, -0.05) is 5.16 Å². The Labute approximate surface area is 147 Å². The van der Waals surface area contributed by atoms with Crippen LogP contribution in [0.25, 0.3) is 11.3 Å². The second-order valence-electron chi connectivity index (χ2n) is 5.22. The van der Waals surface area contributed by atoms with E-state index >= 15 is 0 Å². The Morgan fingerprint density at radius 3 is 2.50 bits per heavy atom. The standard InChI is InChI=1S/C18H14F2N2O4/c1-24-12-3-5-13(6-4-12)25-10-17(23)21-18-9-16(22-26-18)11-2-7-14(19)15(20)8-11/h2-9H,10H2,1H3,(H,21,23). The minimum atomic E-state index is -0.996. The van der Waals surface area contributed by atoms with Gasteiger partial charge in [0.15, 0.2) is 18.2 Å². The molecule has 3 aromatic rings. The van der Waals surface area contributed by atoms with Crippen molar-refractivity contribution in [3.8, 4) is 22.8 Å². The zero-order valence-corrected chi connectivity index (χ0v) is 13.7. The fourth-order valence-electron chi connectivity index (χ4n) is 2.12. The molecule has 0 unspecified atom stereocenters. The van der Waals surface area contributed by atoms with Crippen LogP contribution >= 0.6 is 0 Å². The molecule has 0 saturated carbocycles. The van der Waals surface area contributed by atoms with Crippen molar-refractivity contribution in [2.45, 2.75) is 0 Å². The van der Waals surface area contributed by atoms with Gasteiger partial charge < -0.3 is 14.0 Å². The van der Waals surface area contributed by atoms with Crippen molar-refractivity contribution in [1.82, 2.24) is 5.16 Å². The number of hydrogen-bond acceptors (Lipinski definition) is 5. The van der Waals surface area contributed by atoms with Crippen LogP contribution in [0.1, 0.15) is 0 Å². The monoisotopic (exact) mass is 360 g/mol. The van der Waals surface area contributed by atoms with Crippen LogP contribution in [0.15, 0.2) is 53.1 Å². The van der Waals surface area contributed by atoms with Gasteiger partial charge in [0.1, 0.15) is 17.2 Å². The molecule has 0 spiro atoms. The lowest BCUT2D eigenvalue weighted by Crippen LogP contribution is -2.19. The Morgan fingerprint density at radius 2 is 1.81 bits per heavy atom. The average molecular weight is 360 g/mol. The maximum Gasteiger partial charge on any atom is 0.264 e. The molecular formula is C18H14F2N2O4. The van der Waals surface area contributed by atoms with Gasteiger partial charge in [0, 0.05) is 11.6 Å². The SMILES string of the molecule is COc1ccc(OCC(=O)Nc2cc(-c3ccc(F)c(F)c3)no2)cc1. The van der Waals surface area contributed by atoms with E-state index in [0.29, 0.717) is 17.1 Å². The Morgan fingerprint density at radius 1 is 1.08 bits per heavy atom. The lowest BCUT2D eigenvalue weighted by molar-refractivity contribution is -0.118. The molecule has 6 nitrogen and oxygen atoms in total. The van der Waals surface area contributed by atoms with Crippen LogP contribution in [0.3, 0.4) is 0 Å². The number of hydrogen-bond donors (Lipinski definition) is 1. The Balaban J connectivity index is 1.57. The number of rotatable bonds is 6. The number of nitrogens with zero attached hydrogens (tertiary/aromatic N) is 1. The normalized spacial score (nSPS) is 10.4. The first-order valence-electron chi connectivity index (χ1n) is 7.54. The van der Waals surface area contributed by atoms with E-state index in [1.165, 1.54) is 12.1 Å². The third-order valence-electron chi connectivity index (χ3n) is 3.42. The van der Waals surface area contributed by atoms with Crippen molar-refractivity contribution in [2.24, 2.45) is 0 Å². The van der Waals surface area contributed by atoms with Crippen LogP contribution in [0.4, 0.5) is 14.7 Å². The number of carbonyl (C=O) groups is 1. The fraction of sp³-hybridized carbons (Fsp3) is 0.111. The molecule has 1 heterocycles. The molecule has 134 valence electrons. The quantitative estimate of drug-likeness (QED) is 0.726. The van der Waals surface area contributed by atoms with Gasteiger partial charge in [0.2, 0.25) is 5.88 Å². The molecule has 1 amide bonds. The zero-order valence-electron chi connectivity index (χ0n) is 13.7. The highest BCUT2D eigenvalue weighted by molar-refractivity contribution is 5.91. The number of halogens is 2. The van der Waals surface area contributed by atoms with E-state index < -0.39 is 17.5 Å². The van der Waals surface area contributed by atoms with Crippen LogP contribution in [-0.4, -0.2) is 24.8 Å². The van der Waals surface area contributed by atoms with Gasteiger partial charge in [-0.05, 0) is 42.5 Å². The number of methoxy groups -OCH3 is 1. The van der Waals surface area contributed by atoms with Gasteiger partial charge in [-0.25, -0.2) is 8.78 Å². The molecule has 0 aliphatic carbocycles. The summed E-state index contributed by atoms with van der Waals surface area (Å²) in [5, 5.41) is 6.18. The molecule has 0 atom stereocenters. The van der Waals surface area contributed by atoms with Gasteiger partial charge in [-0.2, -0.15) is 0 Å². The maximum absolute atomic E-state index is 13.3. The molecule has 1 N–H and O–H groups in total. The summed E-state index contributed by atoms with van der Waals surface area (Å²) in [6.07, 6.45) is 0. The smallest absolute Gasteiger partial charge is 0.264 e. The maximum atomic E-state index is 13.3. The molecule has 0 radical (unpaired) electrons. The Hall–Kier alpha value is -3.42. The highest BCUT2D eigenvalue weighted by Crippen LogP contribution is 2.23. The number of nitrogens with one attached hydrogen (secondary N) is 1. The van der Waals surface area contributed by atoms with Crippen molar-refractivity contribution in [2.75, 3.05) is 19.0 Å². The fourth-order valence-corrected chi connectivity index (χ4v) is 2.12. The van der Waals surface area contributed by atoms with Crippen LogP contribution in [0, 0.1) is 11.6 Å². The third kappa shape index (κ3) is 4.15. The molecule has 0 saturated heterocycles. The van der Waals surface area contributed by atoms with E-state index in [1.807, 2.05) is 0 Å². The van der Waals surface area contributed by atoms with Gasteiger partial charge in [-0.3, -0.25) is 10.1 Å². The second kappa shape index (κ2) is 7.64. The lowest BCUT2D eigenvalue weighted by Gasteiger charge is -2.06. The van der Waals surface area contributed by atoms with Crippen molar-refractivity contribution < 1.29 is 27.6 Å². The van der Waals surface area contributed by atoms with Crippen molar-refractivity contribution in [3.05, 3.63) is 60.2 Å². The van der Waals surface area contributed by atoms with E-state index in [0.717, 1.165) is 12.1 Å². The molecule has 8 heteroatoms. The summed E-state index contributed by atoms with van der Waals surface area (Å²) in [5.41, 5.74) is 0.581. The highest BCUT2D eigenvalue weighted by Gasteiger charge is 2.12. The molecule has 2 aromatic carbocycles. The summed E-state index contributed by atoms with van der Waals surface area (Å²) in [7, 11) is 1.55. The molecule has 0 aliphatic rings. The Bertz CT molecular complexity index is 910. The lowest BCUT2D eigenvalue weighted by atomic mass is 10.1. The first-order valence-corrected chi connectivity index (χ1v) is 7.54. The zero-order chi connectivity index (χ0) is 18.5. The number of anilines is 1. The summed E-state index contributed by atoms with van der Waals surface area (Å²) in [4.78, 5) is 11.9. The molecule has 0 fully saturated rings. The summed E-state index contributed by atoms with van der Waals surface area (Å²) >= 11 is 0. The van der Waals surface area contributed by atoms with E-state index in [9.17, 15) is 13.6 Å². The van der Waals surface area contributed by atoms with Crippen molar-refractivity contribution in [1.29, 1.82) is 0 Å². The topological polar surface area (TPSA) is 73.6 Å². The van der Waals surface area contributed by atoms with E-state index in [1.54, 1.807) is 31.4 Å². The molecule has 0 bridgehead atoms. The van der Waals surface area contributed by atoms with Gasteiger partial charge in [-0.15, -0.1) is 0 Å². The van der Waals surface area contributed by atoms with Gasteiger partial charge in [0.25, 0.3) is 5.91 Å². The second-order valence-corrected chi connectivity index (χ2v) is 5.22. The number of carbonyl (C=O) groups excluding carboxylic acids is 1. The van der Waals surface area contributed by atoms with Gasteiger partial charge in [0.05, 0.1) is 7.11 Å². The average Bonchev–Trinajstić information content (AvgIpc) is 3.11. The largest absolute Gasteiger partial charge is 0.497 e. The van der Waals surface area contributed by atoms with Crippen LogP contribution in [-0.2, 0) is 4.79 Å². The number of aromatic nitrogens is 1. The molecule has 26 heavy (non-hydrogen) atoms. The van der Waals surface area contributed by atoms with Crippen LogP contribution in [0.5, 0.6) is 11.5 Å². The highest BCUT2D eigenvalue weighted by atomic mass is 19.2. The van der Waals surface area contributed by atoms with E-state index in [4.69, 9.17) is 14.0 Å². The number of amides is 1. The van der Waals surface area contributed by atoms with Crippen molar-refractivity contribution >= 4 is 11.8 Å². The molecule has 1 aromatic heterocycles. The summed E-state index contributed by atoms with van der Waals surface area (Å²) < 4.78 is 41.6. The number of benzene rings is 2. The summed E-state index contributed by atoms with van der Waals surface area (Å²) in [6.45, 7) is -0.243. The number of ether oxygens (including phenoxy) is 2. The molecule has 3 rings (SSSR count). The van der Waals surface area contributed by atoms with E-state index in [2.05, 4.69) is 10.5 Å². The van der Waals surface area contributed by atoms with Crippen LogP contribution < -0.4 is 14.8 Å². The van der Waals surface area contributed by atoms with E-state index in [-0.39, 0.29) is 18.2 Å². The summed E-state index contributed by atoms with van der Waals surface area (Å²) in [5.74, 6) is -1.18. The van der Waals surface area contributed by atoms with Crippen LogP contribution in [0.2, 0.25) is 0 Å².